The molecule has 0 aliphatic heterocycles. The Morgan fingerprint density at radius 1 is 1.79 bits per heavy atom. The molecule has 0 aliphatic rings. The van der Waals surface area contributed by atoms with Crippen molar-refractivity contribution < 1.29 is 9.90 Å². The van der Waals surface area contributed by atoms with Crippen molar-refractivity contribution in [1.29, 1.82) is 0 Å². The summed E-state index contributed by atoms with van der Waals surface area (Å²) in [5.74, 6) is -0.220. The Labute approximate surface area is 82.0 Å². The van der Waals surface area contributed by atoms with Crippen LogP contribution in [0.5, 0.6) is 0 Å². The fraction of sp³-hybridized carbons (Fsp3) is 0.333. The van der Waals surface area contributed by atoms with Gasteiger partial charge in [-0.25, -0.2) is 0 Å². The van der Waals surface area contributed by atoms with Crippen LogP contribution in [0.4, 0.5) is 0 Å². The van der Waals surface area contributed by atoms with Crippen LogP contribution in [0.2, 0.25) is 0 Å². The number of hydrogen-bond donors (Lipinski definition) is 2. The minimum Gasteiger partial charge on any atom is -0.395 e. The lowest BCUT2D eigenvalue weighted by Gasteiger charge is -1.95. The van der Waals surface area contributed by atoms with Gasteiger partial charge in [0.05, 0.1) is 12.8 Å². The Morgan fingerprint density at radius 2 is 2.57 bits per heavy atom. The molecule has 5 nitrogen and oxygen atoms in total. The van der Waals surface area contributed by atoms with Crippen molar-refractivity contribution in [3.05, 3.63) is 24.0 Å². The summed E-state index contributed by atoms with van der Waals surface area (Å²) in [6.45, 7) is 0.225. The molecule has 5 heteroatoms. The molecule has 76 valence electrons. The highest BCUT2D eigenvalue weighted by Gasteiger charge is 1.94. The number of rotatable bonds is 4. The Bertz CT molecular complexity index is 331. The average Bonchev–Trinajstić information content (AvgIpc) is 2.58. The molecule has 0 saturated carbocycles. The first-order valence-electron chi connectivity index (χ1n) is 4.28. The van der Waals surface area contributed by atoms with Crippen molar-refractivity contribution in [3.63, 3.8) is 0 Å². The van der Waals surface area contributed by atoms with Crippen molar-refractivity contribution in [2.45, 2.75) is 0 Å². The van der Waals surface area contributed by atoms with Crippen LogP contribution < -0.4 is 5.32 Å². The van der Waals surface area contributed by atoms with E-state index in [0.29, 0.717) is 0 Å². The number of nitrogens with zero attached hydrogens (tertiary/aromatic N) is 2. The summed E-state index contributed by atoms with van der Waals surface area (Å²) in [6, 6.07) is 0. The molecule has 1 heterocycles. The molecule has 0 atom stereocenters. The van der Waals surface area contributed by atoms with E-state index in [-0.39, 0.29) is 19.1 Å². The van der Waals surface area contributed by atoms with Gasteiger partial charge in [-0.2, -0.15) is 5.10 Å². The maximum Gasteiger partial charge on any atom is 0.244 e. The van der Waals surface area contributed by atoms with E-state index in [1.54, 1.807) is 23.2 Å². The van der Waals surface area contributed by atoms with E-state index in [9.17, 15) is 4.79 Å². The largest absolute Gasteiger partial charge is 0.395 e. The topological polar surface area (TPSA) is 67.2 Å². The van der Waals surface area contributed by atoms with Gasteiger partial charge in [0.1, 0.15) is 0 Å². The SMILES string of the molecule is Cn1cc(/C=C/C(=O)NCCO)cn1. The van der Waals surface area contributed by atoms with Crippen LogP contribution in [0.1, 0.15) is 5.56 Å². The molecule has 0 radical (unpaired) electrons. The van der Waals surface area contributed by atoms with E-state index in [1.165, 1.54) is 6.08 Å². The van der Waals surface area contributed by atoms with Gasteiger partial charge >= 0.3 is 0 Å². The predicted molar refractivity (Wildman–Crippen MR) is 52.3 cm³/mol. The fourth-order valence-electron chi connectivity index (χ4n) is 0.936. The number of aliphatic hydroxyl groups excluding tert-OH is 1. The summed E-state index contributed by atoms with van der Waals surface area (Å²) >= 11 is 0. The van der Waals surface area contributed by atoms with E-state index >= 15 is 0 Å². The zero-order valence-electron chi connectivity index (χ0n) is 7.97. The third-order valence-corrected chi connectivity index (χ3v) is 1.56. The molecule has 0 unspecified atom stereocenters. The molecule has 14 heavy (non-hydrogen) atoms. The Morgan fingerprint density at radius 3 is 3.14 bits per heavy atom. The lowest BCUT2D eigenvalue weighted by Crippen LogP contribution is -2.24. The molecule has 0 saturated heterocycles. The van der Waals surface area contributed by atoms with Crippen LogP contribution in [-0.4, -0.2) is 33.9 Å². The number of aryl methyl sites for hydroxylation is 1. The number of carbonyl (C=O) groups is 1. The zero-order valence-corrected chi connectivity index (χ0v) is 7.97. The molecule has 0 aliphatic carbocycles. The van der Waals surface area contributed by atoms with Crippen molar-refractivity contribution in [1.82, 2.24) is 15.1 Å². The number of amides is 1. The van der Waals surface area contributed by atoms with Crippen molar-refractivity contribution in [2.24, 2.45) is 7.05 Å². The predicted octanol–water partition coefficient (Wildman–Crippen LogP) is -0.458. The highest BCUT2D eigenvalue weighted by atomic mass is 16.3. The second-order valence-corrected chi connectivity index (χ2v) is 2.80. The van der Waals surface area contributed by atoms with Crippen molar-refractivity contribution in [2.75, 3.05) is 13.2 Å². The zero-order chi connectivity index (χ0) is 10.4. The lowest BCUT2D eigenvalue weighted by atomic mass is 10.3. The highest BCUT2D eigenvalue weighted by molar-refractivity contribution is 5.91. The normalized spacial score (nSPS) is 10.7. The van der Waals surface area contributed by atoms with Crippen LogP contribution in [0, 0.1) is 0 Å². The quantitative estimate of drug-likeness (QED) is 0.639. The molecular formula is C9H13N3O2. The summed E-state index contributed by atoms with van der Waals surface area (Å²) in [6.07, 6.45) is 6.54. The monoisotopic (exact) mass is 195 g/mol. The van der Waals surface area contributed by atoms with E-state index < -0.39 is 0 Å². The first-order chi connectivity index (χ1) is 6.72. The molecule has 1 aromatic heterocycles. The number of aliphatic hydroxyl groups is 1. The van der Waals surface area contributed by atoms with E-state index in [0.717, 1.165) is 5.56 Å². The van der Waals surface area contributed by atoms with Crippen LogP contribution in [0.25, 0.3) is 6.08 Å². The summed E-state index contributed by atoms with van der Waals surface area (Å²) in [5.41, 5.74) is 0.867. The van der Waals surface area contributed by atoms with Crippen molar-refractivity contribution >= 4 is 12.0 Å². The molecule has 1 aromatic rings. The highest BCUT2D eigenvalue weighted by Crippen LogP contribution is 1.98. The number of carbonyl (C=O) groups excluding carboxylic acids is 1. The minimum atomic E-state index is -0.220. The van der Waals surface area contributed by atoms with Crippen LogP contribution in [-0.2, 0) is 11.8 Å². The second kappa shape index (κ2) is 5.18. The molecule has 0 bridgehead atoms. The first-order valence-corrected chi connectivity index (χ1v) is 4.28. The number of nitrogens with one attached hydrogen (secondary N) is 1. The van der Waals surface area contributed by atoms with Gasteiger partial charge in [0.15, 0.2) is 0 Å². The lowest BCUT2D eigenvalue weighted by molar-refractivity contribution is -0.116. The smallest absolute Gasteiger partial charge is 0.244 e. The Balaban J connectivity index is 2.43. The van der Waals surface area contributed by atoms with Gasteiger partial charge < -0.3 is 10.4 Å². The molecule has 0 spiro atoms. The van der Waals surface area contributed by atoms with Crippen LogP contribution in [0.15, 0.2) is 18.5 Å². The standard InChI is InChI=1S/C9H13N3O2/c1-12-7-8(6-11-12)2-3-9(14)10-4-5-13/h2-3,6-7,13H,4-5H2,1H3,(H,10,14)/b3-2+. The third kappa shape index (κ3) is 3.40. The van der Waals surface area contributed by atoms with E-state index in [4.69, 9.17) is 5.11 Å². The van der Waals surface area contributed by atoms with Gasteiger partial charge in [-0.1, -0.05) is 0 Å². The molecule has 1 amide bonds. The average molecular weight is 195 g/mol. The van der Waals surface area contributed by atoms with Gasteiger partial charge in [-0.05, 0) is 6.08 Å². The third-order valence-electron chi connectivity index (χ3n) is 1.56. The maximum absolute atomic E-state index is 11.0. The molecule has 0 fully saturated rings. The van der Waals surface area contributed by atoms with Gasteiger partial charge in [-0.3, -0.25) is 9.48 Å². The summed E-state index contributed by atoms with van der Waals surface area (Å²) in [4.78, 5) is 11.0. The Hall–Kier alpha value is -1.62. The number of aromatic nitrogens is 2. The maximum atomic E-state index is 11.0. The summed E-state index contributed by atoms with van der Waals surface area (Å²) in [5, 5.41) is 14.9. The molecule has 2 N–H and O–H groups in total. The summed E-state index contributed by atoms with van der Waals surface area (Å²) in [7, 11) is 1.81. The van der Waals surface area contributed by atoms with Gasteiger partial charge in [0.25, 0.3) is 0 Å². The minimum absolute atomic E-state index is 0.0491. The van der Waals surface area contributed by atoms with Crippen LogP contribution in [0.3, 0.4) is 0 Å². The van der Waals surface area contributed by atoms with Crippen molar-refractivity contribution in [3.8, 4) is 0 Å². The molecular weight excluding hydrogens is 182 g/mol. The van der Waals surface area contributed by atoms with Gasteiger partial charge in [0, 0.05) is 31.4 Å². The van der Waals surface area contributed by atoms with Crippen LogP contribution >= 0.6 is 0 Å². The van der Waals surface area contributed by atoms with E-state index in [2.05, 4.69) is 10.4 Å². The molecule has 0 aromatic carbocycles. The number of hydrogen-bond acceptors (Lipinski definition) is 3. The van der Waals surface area contributed by atoms with E-state index in [1.807, 2.05) is 7.05 Å². The van der Waals surface area contributed by atoms with Gasteiger partial charge in [0.2, 0.25) is 5.91 Å². The van der Waals surface area contributed by atoms with Gasteiger partial charge in [-0.15, -0.1) is 0 Å². The first kappa shape index (κ1) is 10.5. The fourth-order valence-corrected chi connectivity index (χ4v) is 0.936. The summed E-state index contributed by atoms with van der Waals surface area (Å²) < 4.78 is 1.66. The Kier molecular flexibility index (Phi) is 3.87. The molecule has 1 rings (SSSR count). The second-order valence-electron chi connectivity index (χ2n) is 2.80.